The molecule has 2 N–H and O–H groups in total. The van der Waals surface area contributed by atoms with Gasteiger partial charge in [0.25, 0.3) is 5.91 Å². The van der Waals surface area contributed by atoms with Crippen LogP contribution >= 0.6 is 7.14 Å². The van der Waals surface area contributed by atoms with Gasteiger partial charge in [-0.05, 0) is 131 Å². The molecule has 1 amide bonds. The van der Waals surface area contributed by atoms with Gasteiger partial charge in [-0.15, -0.1) is 0 Å². The first-order chi connectivity index (χ1) is 32.6. The highest BCUT2D eigenvalue weighted by Gasteiger charge is 2.59. The third-order valence-corrected chi connectivity index (χ3v) is 18.1. The van der Waals surface area contributed by atoms with E-state index in [0.29, 0.717) is 102 Å². The summed E-state index contributed by atoms with van der Waals surface area (Å²) in [5.74, 6) is -0.0538. The van der Waals surface area contributed by atoms with Crippen LogP contribution in [0, 0.1) is 25.6 Å². The number of H-pyrrole nitrogens is 1. The van der Waals surface area contributed by atoms with Crippen LogP contribution in [0.4, 0.5) is 10.1 Å². The molecule has 0 bridgehead atoms. The Labute approximate surface area is 393 Å². The Balaban J connectivity index is 1.11. The Kier molecular flexibility index (Phi) is 11.4. The number of aryl methyl sites for hydroxylation is 2. The number of halogens is 1. The van der Waals surface area contributed by atoms with Gasteiger partial charge in [-0.1, -0.05) is 32.0 Å². The highest BCUT2D eigenvalue weighted by atomic mass is 31.2. The van der Waals surface area contributed by atoms with E-state index >= 15 is 9.18 Å². The molecule has 17 heteroatoms. The number of amides is 1. The summed E-state index contributed by atoms with van der Waals surface area (Å²) in [7, 11) is -2.69. The average molecular weight is 944 g/mol. The van der Waals surface area contributed by atoms with Crippen molar-refractivity contribution in [3.05, 3.63) is 133 Å². The molecule has 1 aliphatic carbocycles. The first-order valence-electron chi connectivity index (χ1n) is 23.9. The van der Waals surface area contributed by atoms with Crippen LogP contribution in [-0.4, -0.2) is 82.6 Å². The highest BCUT2D eigenvalue weighted by Crippen LogP contribution is 2.56. The van der Waals surface area contributed by atoms with Gasteiger partial charge < -0.3 is 24.1 Å². The maximum atomic E-state index is 15.6. The van der Waals surface area contributed by atoms with Gasteiger partial charge in [0.05, 0.1) is 23.1 Å². The molecule has 4 aromatic heterocycles. The van der Waals surface area contributed by atoms with Crippen LogP contribution in [-0.2, 0) is 21.3 Å². The number of imidazole rings is 1. The topological polar surface area (TPSA) is 167 Å². The maximum absolute atomic E-state index is 15.6. The molecule has 68 heavy (non-hydrogen) atoms. The Morgan fingerprint density at radius 2 is 1.68 bits per heavy atom. The molecule has 15 nitrogen and oxygen atoms in total. The summed E-state index contributed by atoms with van der Waals surface area (Å²) in [5, 5.41) is 14.5. The number of aromatic nitrogens is 7. The van der Waals surface area contributed by atoms with Crippen molar-refractivity contribution in [1.29, 1.82) is 0 Å². The quantitative estimate of drug-likeness (QED) is 0.114. The fourth-order valence-corrected chi connectivity index (χ4v) is 13.0. The molecular formula is C51H59FN9O6P. The number of benzene rings is 3. The Bertz CT molecular complexity index is 3260. The van der Waals surface area contributed by atoms with E-state index in [9.17, 15) is 14.2 Å². The lowest BCUT2D eigenvalue weighted by Crippen LogP contribution is -2.41. The van der Waals surface area contributed by atoms with Crippen LogP contribution in [0.5, 0.6) is 0 Å². The molecule has 7 aromatic rings. The number of anilines is 1. The van der Waals surface area contributed by atoms with Crippen molar-refractivity contribution in [2.24, 2.45) is 5.92 Å². The monoisotopic (exact) mass is 943 g/mol. The molecule has 3 aliphatic rings. The average Bonchev–Trinajstić information content (AvgIpc) is 3.82. The smallest absolute Gasteiger partial charge is 0.382 e. The van der Waals surface area contributed by atoms with Gasteiger partial charge in [0.15, 0.2) is 5.82 Å². The number of carbonyl (C=O) groups is 1. The van der Waals surface area contributed by atoms with E-state index in [2.05, 4.69) is 40.6 Å². The van der Waals surface area contributed by atoms with Gasteiger partial charge in [0, 0.05) is 84.4 Å². The van der Waals surface area contributed by atoms with Gasteiger partial charge >= 0.3 is 11.4 Å². The standard InChI is InChI=1S/C51H59FN9O6P/c1-9-68(65,10-2)43-14-12-37(27-40(43)53-29(3)4)58-19-20-59(50(58)64)46-44-33(8)57(18-15-39(44)55-61(46)38-23-30(5)45(52)31(6)24-38)47(62)42-26-36-25-35(34-16-21-66-22-17-34)11-13-41(36)60(42)51(28-32(51)7)48-54-49(63)67-56-48/h11-14,19-20,23-27,29,32-34,53H,9-10,15-18,21-22,28H2,1-8H3,(H,54,56,63). The second-order valence-electron chi connectivity index (χ2n) is 19.3. The molecule has 0 spiro atoms. The molecule has 2 aliphatic heterocycles. The molecule has 6 heterocycles. The number of hydrogen-bond acceptors (Lipinski definition) is 9. The van der Waals surface area contributed by atoms with Crippen molar-refractivity contribution in [2.75, 3.05) is 37.4 Å². The first kappa shape index (κ1) is 45.5. The zero-order valence-electron chi connectivity index (χ0n) is 39.9. The zero-order valence-corrected chi connectivity index (χ0v) is 40.8. The van der Waals surface area contributed by atoms with Crippen LogP contribution in [0.2, 0.25) is 0 Å². The summed E-state index contributed by atoms with van der Waals surface area (Å²) < 4.78 is 46.9. The highest BCUT2D eigenvalue weighted by molar-refractivity contribution is 7.71. The van der Waals surface area contributed by atoms with Crippen molar-refractivity contribution in [3.8, 4) is 17.2 Å². The molecule has 3 atom stereocenters. The predicted octanol–water partition coefficient (Wildman–Crippen LogP) is 8.49. The van der Waals surface area contributed by atoms with Crippen LogP contribution in [0.1, 0.15) is 117 Å². The SMILES string of the molecule is CCP(=O)(CC)c1ccc(-n2ccn(-c3c4c(nn3-c3cc(C)c(F)c(C)c3)CCN(C(=O)c3cc5cc(C6CCOCC6)ccc5n3C3(c5noc(=O)[nH]5)CC3C)C4C)c2=O)cc1NC(C)C. The van der Waals surface area contributed by atoms with E-state index in [1.54, 1.807) is 52.2 Å². The lowest BCUT2D eigenvalue weighted by Gasteiger charge is -2.34. The Hall–Kier alpha value is -6.25. The fraction of sp³-hybridized carbons (Fsp3) is 0.431. The Morgan fingerprint density at radius 3 is 2.32 bits per heavy atom. The second-order valence-corrected chi connectivity index (χ2v) is 22.8. The number of carbonyl (C=O) groups excluding carboxylic acids is 1. The van der Waals surface area contributed by atoms with E-state index in [1.807, 2.05) is 68.4 Å². The van der Waals surface area contributed by atoms with Crippen molar-refractivity contribution in [2.45, 2.75) is 105 Å². The van der Waals surface area contributed by atoms with E-state index in [4.69, 9.17) is 14.4 Å². The molecule has 3 aromatic carbocycles. The maximum Gasteiger partial charge on any atom is 0.438 e. The third-order valence-electron chi connectivity index (χ3n) is 14.8. The van der Waals surface area contributed by atoms with Crippen LogP contribution in [0.25, 0.3) is 28.1 Å². The Morgan fingerprint density at radius 1 is 0.971 bits per heavy atom. The van der Waals surface area contributed by atoms with Crippen molar-refractivity contribution >= 4 is 34.9 Å². The van der Waals surface area contributed by atoms with E-state index in [1.165, 1.54) is 5.56 Å². The van der Waals surface area contributed by atoms with E-state index < -0.39 is 24.5 Å². The minimum atomic E-state index is -2.69. The molecule has 0 radical (unpaired) electrons. The summed E-state index contributed by atoms with van der Waals surface area (Å²) in [6, 6.07) is 16.8. The number of fused-ring (bicyclic) bond motifs is 2. The molecule has 356 valence electrons. The summed E-state index contributed by atoms with van der Waals surface area (Å²) >= 11 is 0. The molecule has 3 unspecified atom stereocenters. The number of nitrogens with zero attached hydrogens (tertiary/aromatic N) is 7. The molecule has 10 rings (SSSR count). The summed E-state index contributed by atoms with van der Waals surface area (Å²) in [4.78, 5) is 47.7. The molecule has 1 saturated carbocycles. The van der Waals surface area contributed by atoms with Crippen LogP contribution in [0.3, 0.4) is 0 Å². The zero-order chi connectivity index (χ0) is 48.0. The first-order valence-corrected chi connectivity index (χ1v) is 26.0. The second kappa shape index (κ2) is 17.1. The largest absolute Gasteiger partial charge is 0.438 e. The number of nitrogens with one attached hydrogen (secondary N) is 2. The minimum absolute atomic E-state index is 0.0190. The minimum Gasteiger partial charge on any atom is -0.382 e. The summed E-state index contributed by atoms with van der Waals surface area (Å²) in [6.07, 6.45) is 7.27. The molecular weight excluding hydrogens is 885 g/mol. The van der Waals surface area contributed by atoms with Crippen LogP contribution < -0.4 is 22.1 Å². The molecule has 2 fully saturated rings. The van der Waals surface area contributed by atoms with Gasteiger partial charge in [0.1, 0.15) is 30.0 Å². The van der Waals surface area contributed by atoms with Crippen molar-refractivity contribution in [3.63, 3.8) is 0 Å². The molecule has 1 saturated heterocycles. The normalized spacial score (nSPS) is 19.8. The number of ether oxygens (including phenoxy) is 1. The lowest BCUT2D eigenvalue weighted by atomic mass is 9.91. The van der Waals surface area contributed by atoms with Gasteiger partial charge in [-0.2, -0.15) is 5.10 Å². The summed E-state index contributed by atoms with van der Waals surface area (Å²) in [6.45, 7) is 17.1. The van der Waals surface area contributed by atoms with Gasteiger partial charge in [0.2, 0.25) is 0 Å². The number of hydrogen-bond donors (Lipinski definition) is 2. The van der Waals surface area contributed by atoms with Gasteiger partial charge in [-0.25, -0.2) is 18.7 Å². The predicted molar refractivity (Wildman–Crippen MR) is 261 cm³/mol. The van der Waals surface area contributed by atoms with Gasteiger partial charge in [-0.3, -0.25) is 23.4 Å². The fourth-order valence-electron chi connectivity index (χ4n) is 11.0. The number of aromatic amines is 1. The van der Waals surface area contributed by atoms with E-state index in [0.717, 1.165) is 34.7 Å². The van der Waals surface area contributed by atoms with Crippen molar-refractivity contribution < 1.29 is 23.0 Å². The van der Waals surface area contributed by atoms with Crippen molar-refractivity contribution in [1.82, 2.24) is 38.5 Å². The van der Waals surface area contributed by atoms with Crippen LogP contribution in [0.15, 0.2) is 81.1 Å². The lowest BCUT2D eigenvalue weighted by molar-refractivity contribution is 0.0663. The van der Waals surface area contributed by atoms with E-state index in [-0.39, 0.29) is 29.4 Å². The summed E-state index contributed by atoms with van der Waals surface area (Å²) in [5.41, 5.74) is 5.41. The third kappa shape index (κ3) is 7.33. The number of rotatable bonds is 12.